The van der Waals surface area contributed by atoms with Gasteiger partial charge in [0.25, 0.3) is 0 Å². The van der Waals surface area contributed by atoms with E-state index < -0.39 is 6.10 Å². The van der Waals surface area contributed by atoms with Crippen LogP contribution in [0.1, 0.15) is 35.2 Å². The topological polar surface area (TPSA) is 41.5 Å². The Bertz CT molecular complexity index is 400. The van der Waals surface area contributed by atoms with Crippen LogP contribution in [0.4, 0.5) is 0 Å². The summed E-state index contributed by atoms with van der Waals surface area (Å²) in [7, 11) is 3.53. The molecule has 0 aliphatic heterocycles. The molecular formula is C14H23NO2. The highest BCUT2D eigenvalue weighted by atomic mass is 16.5. The van der Waals surface area contributed by atoms with Crippen molar-refractivity contribution in [2.75, 3.05) is 14.2 Å². The molecule has 0 aliphatic rings. The Kier molecular flexibility index (Phi) is 4.54. The van der Waals surface area contributed by atoms with E-state index >= 15 is 0 Å². The number of rotatable bonds is 4. The standard InChI is InChI=1S/C14H23NO2/c1-8-7-9(2)12(13(15-5)11(4)16)14(17-6)10(8)3/h7,11,13,15-16H,1-6H3. The molecule has 17 heavy (non-hydrogen) atoms. The Labute approximate surface area is 104 Å². The van der Waals surface area contributed by atoms with Crippen molar-refractivity contribution in [3.05, 3.63) is 28.3 Å². The van der Waals surface area contributed by atoms with Gasteiger partial charge < -0.3 is 15.2 Å². The number of ether oxygens (including phenoxy) is 1. The number of hydrogen-bond acceptors (Lipinski definition) is 3. The van der Waals surface area contributed by atoms with Gasteiger partial charge in [0.1, 0.15) is 5.75 Å². The van der Waals surface area contributed by atoms with Crippen molar-refractivity contribution in [2.24, 2.45) is 0 Å². The summed E-state index contributed by atoms with van der Waals surface area (Å²) in [5.41, 5.74) is 4.54. The molecular weight excluding hydrogens is 214 g/mol. The van der Waals surface area contributed by atoms with E-state index in [9.17, 15) is 5.11 Å². The number of likely N-dealkylation sites (N-methyl/N-ethyl adjacent to an activating group) is 1. The van der Waals surface area contributed by atoms with Gasteiger partial charge in [0, 0.05) is 5.56 Å². The fraction of sp³-hybridized carbons (Fsp3) is 0.571. The number of hydrogen-bond donors (Lipinski definition) is 2. The maximum absolute atomic E-state index is 9.85. The Morgan fingerprint density at radius 3 is 2.24 bits per heavy atom. The lowest BCUT2D eigenvalue weighted by Gasteiger charge is -2.25. The number of methoxy groups -OCH3 is 1. The minimum absolute atomic E-state index is 0.107. The molecule has 2 unspecified atom stereocenters. The molecule has 0 heterocycles. The van der Waals surface area contributed by atoms with Crippen molar-refractivity contribution in [3.63, 3.8) is 0 Å². The van der Waals surface area contributed by atoms with Gasteiger partial charge in [-0.2, -0.15) is 0 Å². The van der Waals surface area contributed by atoms with Crippen LogP contribution in [0.15, 0.2) is 6.07 Å². The van der Waals surface area contributed by atoms with Gasteiger partial charge >= 0.3 is 0 Å². The summed E-state index contributed by atoms with van der Waals surface area (Å²) in [5.74, 6) is 0.878. The van der Waals surface area contributed by atoms with Crippen LogP contribution >= 0.6 is 0 Å². The second kappa shape index (κ2) is 5.52. The molecule has 0 radical (unpaired) electrons. The second-order valence-corrected chi connectivity index (χ2v) is 4.59. The van der Waals surface area contributed by atoms with Gasteiger partial charge in [-0.15, -0.1) is 0 Å². The molecule has 96 valence electrons. The van der Waals surface area contributed by atoms with Gasteiger partial charge in [-0.25, -0.2) is 0 Å². The minimum Gasteiger partial charge on any atom is -0.496 e. The van der Waals surface area contributed by atoms with Crippen molar-refractivity contribution in [3.8, 4) is 5.75 Å². The zero-order chi connectivity index (χ0) is 13.2. The highest BCUT2D eigenvalue weighted by molar-refractivity contribution is 5.51. The third-order valence-corrected chi connectivity index (χ3v) is 3.34. The largest absolute Gasteiger partial charge is 0.496 e. The maximum atomic E-state index is 9.85. The quantitative estimate of drug-likeness (QED) is 0.844. The van der Waals surface area contributed by atoms with Crippen molar-refractivity contribution < 1.29 is 9.84 Å². The predicted molar refractivity (Wildman–Crippen MR) is 70.7 cm³/mol. The normalized spacial score (nSPS) is 14.5. The van der Waals surface area contributed by atoms with E-state index in [1.807, 2.05) is 14.0 Å². The lowest BCUT2D eigenvalue weighted by Crippen LogP contribution is -2.28. The first-order valence-corrected chi connectivity index (χ1v) is 5.94. The lowest BCUT2D eigenvalue weighted by molar-refractivity contribution is 0.148. The molecule has 1 aromatic rings. The van der Waals surface area contributed by atoms with Crippen LogP contribution in [0, 0.1) is 20.8 Å². The number of aliphatic hydroxyl groups is 1. The zero-order valence-corrected chi connectivity index (χ0v) is 11.6. The van der Waals surface area contributed by atoms with Crippen molar-refractivity contribution >= 4 is 0 Å². The van der Waals surface area contributed by atoms with E-state index in [0.717, 1.165) is 22.4 Å². The fourth-order valence-corrected chi connectivity index (χ4v) is 2.35. The van der Waals surface area contributed by atoms with Gasteiger partial charge in [-0.3, -0.25) is 0 Å². The Morgan fingerprint density at radius 1 is 1.24 bits per heavy atom. The van der Waals surface area contributed by atoms with Gasteiger partial charge in [0.15, 0.2) is 0 Å². The summed E-state index contributed by atoms with van der Waals surface area (Å²) in [6.07, 6.45) is -0.463. The van der Waals surface area contributed by atoms with Crippen LogP contribution in [0.5, 0.6) is 5.75 Å². The molecule has 3 heteroatoms. The molecule has 3 nitrogen and oxygen atoms in total. The van der Waals surface area contributed by atoms with Crippen LogP contribution in [-0.2, 0) is 0 Å². The number of aliphatic hydroxyl groups excluding tert-OH is 1. The summed E-state index contributed by atoms with van der Waals surface area (Å²) >= 11 is 0. The molecule has 0 aliphatic carbocycles. The first-order chi connectivity index (χ1) is 7.93. The van der Waals surface area contributed by atoms with Crippen molar-refractivity contribution in [1.82, 2.24) is 5.32 Å². The zero-order valence-electron chi connectivity index (χ0n) is 11.6. The molecule has 0 saturated heterocycles. The first kappa shape index (κ1) is 14.0. The average molecular weight is 237 g/mol. The number of benzene rings is 1. The molecule has 1 aromatic carbocycles. The van der Waals surface area contributed by atoms with Crippen LogP contribution < -0.4 is 10.1 Å². The highest BCUT2D eigenvalue weighted by Gasteiger charge is 2.23. The molecule has 2 N–H and O–H groups in total. The SMILES string of the molecule is CNC(c1c(C)cc(C)c(C)c1OC)C(C)O. The first-order valence-electron chi connectivity index (χ1n) is 5.94. The summed E-state index contributed by atoms with van der Waals surface area (Å²) in [6, 6.07) is 2.03. The molecule has 0 fully saturated rings. The molecule has 0 amide bonds. The van der Waals surface area contributed by atoms with E-state index in [0.29, 0.717) is 0 Å². The van der Waals surface area contributed by atoms with Crippen LogP contribution in [0.2, 0.25) is 0 Å². The maximum Gasteiger partial charge on any atom is 0.127 e. The third-order valence-electron chi connectivity index (χ3n) is 3.34. The van der Waals surface area contributed by atoms with E-state index in [1.54, 1.807) is 14.0 Å². The molecule has 0 spiro atoms. The van der Waals surface area contributed by atoms with Crippen LogP contribution in [0.25, 0.3) is 0 Å². The van der Waals surface area contributed by atoms with Gasteiger partial charge in [0.05, 0.1) is 19.3 Å². The highest BCUT2D eigenvalue weighted by Crippen LogP contribution is 2.35. The van der Waals surface area contributed by atoms with Gasteiger partial charge in [-0.05, 0) is 51.4 Å². The van der Waals surface area contributed by atoms with Crippen molar-refractivity contribution in [2.45, 2.75) is 39.8 Å². The number of nitrogens with one attached hydrogen (secondary N) is 1. The molecule has 1 rings (SSSR count). The molecule has 2 atom stereocenters. The summed E-state index contributed by atoms with van der Waals surface area (Å²) < 4.78 is 5.52. The lowest BCUT2D eigenvalue weighted by atomic mass is 9.92. The second-order valence-electron chi connectivity index (χ2n) is 4.59. The van der Waals surface area contributed by atoms with Gasteiger partial charge in [0.2, 0.25) is 0 Å². The Hall–Kier alpha value is -1.06. The Balaban J connectivity index is 3.45. The summed E-state index contributed by atoms with van der Waals surface area (Å²) in [5, 5.41) is 13.0. The smallest absolute Gasteiger partial charge is 0.127 e. The monoisotopic (exact) mass is 237 g/mol. The summed E-state index contributed by atoms with van der Waals surface area (Å²) in [6.45, 7) is 7.96. The van der Waals surface area contributed by atoms with Crippen LogP contribution in [-0.4, -0.2) is 25.4 Å². The van der Waals surface area contributed by atoms with E-state index in [2.05, 4.69) is 25.2 Å². The fourth-order valence-electron chi connectivity index (χ4n) is 2.35. The average Bonchev–Trinajstić information content (AvgIpc) is 2.26. The van der Waals surface area contributed by atoms with Crippen LogP contribution in [0.3, 0.4) is 0 Å². The van der Waals surface area contributed by atoms with E-state index in [1.165, 1.54) is 5.56 Å². The van der Waals surface area contributed by atoms with E-state index in [-0.39, 0.29) is 6.04 Å². The number of aryl methyl sites for hydroxylation is 2. The summed E-state index contributed by atoms with van der Waals surface area (Å²) in [4.78, 5) is 0. The molecule has 0 saturated carbocycles. The molecule has 0 aromatic heterocycles. The van der Waals surface area contributed by atoms with Gasteiger partial charge in [-0.1, -0.05) is 6.07 Å². The van der Waals surface area contributed by atoms with Crippen molar-refractivity contribution in [1.29, 1.82) is 0 Å². The molecule has 0 bridgehead atoms. The third kappa shape index (κ3) is 2.61. The minimum atomic E-state index is -0.463. The predicted octanol–water partition coefficient (Wildman–Crippen LogP) is 2.26. The Morgan fingerprint density at radius 2 is 1.82 bits per heavy atom. The van der Waals surface area contributed by atoms with E-state index in [4.69, 9.17) is 4.74 Å².